The second-order valence-corrected chi connectivity index (χ2v) is 10.2. The molecular weight excluding hydrogens is 508 g/mol. The lowest BCUT2D eigenvalue weighted by molar-refractivity contribution is -0.145. The van der Waals surface area contributed by atoms with Gasteiger partial charge in [0.15, 0.2) is 0 Å². The van der Waals surface area contributed by atoms with Crippen molar-refractivity contribution in [3.05, 3.63) is 70.8 Å². The van der Waals surface area contributed by atoms with E-state index in [1.807, 2.05) is 30.3 Å². The summed E-state index contributed by atoms with van der Waals surface area (Å²) in [7, 11) is 1.40. The van der Waals surface area contributed by atoms with Crippen molar-refractivity contribution in [2.75, 3.05) is 33.2 Å². The average molecular weight is 542 g/mol. The number of nitrogens with zero attached hydrogens (tertiary/aromatic N) is 3. The Labute approximate surface area is 219 Å². The van der Waals surface area contributed by atoms with Gasteiger partial charge in [-0.05, 0) is 36.1 Å². The van der Waals surface area contributed by atoms with Gasteiger partial charge in [-0.25, -0.2) is 0 Å². The molecule has 10 heteroatoms. The van der Waals surface area contributed by atoms with Crippen LogP contribution in [0.4, 0.5) is 26.3 Å². The molecule has 4 nitrogen and oxygen atoms in total. The van der Waals surface area contributed by atoms with Gasteiger partial charge in [0.2, 0.25) is 5.91 Å². The zero-order chi connectivity index (χ0) is 27.5. The number of carbonyl (C=O) groups is 1. The molecule has 1 heterocycles. The number of amides is 1. The van der Waals surface area contributed by atoms with Gasteiger partial charge in [0, 0.05) is 45.8 Å². The average Bonchev–Trinajstić information content (AvgIpc) is 2.89. The van der Waals surface area contributed by atoms with Crippen molar-refractivity contribution >= 4 is 5.91 Å². The Hall–Kier alpha value is -2.59. The standard InChI is InChI=1S/C28H33F6N3O/c1-35(19-21-12-13-22(27(29,30)31)18-24(21)28(32,33)34)26(38)25(20-8-4-2-5-9-20)37-16-14-36(15-17-37)23-10-6-3-7-11-23/h2,4-5,8-9,12-13,18,23,25H,3,6-7,10-11,14-17,19H2,1H3. The van der Waals surface area contributed by atoms with Crippen LogP contribution in [0.15, 0.2) is 48.5 Å². The maximum atomic E-state index is 13.7. The Bertz CT molecular complexity index is 1070. The van der Waals surface area contributed by atoms with E-state index in [-0.39, 0.29) is 11.6 Å². The molecule has 0 bridgehead atoms. The number of alkyl halides is 6. The third-order valence-electron chi connectivity index (χ3n) is 7.68. The third kappa shape index (κ3) is 6.69. The summed E-state index contributed by atoms with van der Waals surface area (Å²) in [5.74, 6) is -0.393. The van der Waals surface area contributed by atoms with Gasteiger partial charge in [-0.2, -0.15) is 26.3 Å². The normalized spacial score (nSPS) is 19.3. The van der Waals surface area contributed by atoms with E-state index in [4.69, 9.17) is 0 Å². The maximum absolute atomic E-state index is 13.7. The van der Waals surface area contributed by atoms with Crippen LogP contribution in [0.5, 0.6) is 0 Å². The second-order valence-electron chi connectivity index (χ2n) is 10.2. The number of hydrogen-bond donors (Lipinski definition) is 0. The van der Waals surface area contributed by atoms with E-state index in [0.29, 0.717) is 25.2 Å². The molecule has 2 fully saturated rings. The van der Waals surface area contributed by atoms with E-state index in [0.717, 1.165) is 24.7 Å². The first kappa shape index (κ1) is 28.4. The van der Waals surface area contributed by atoms with Gasteiger partial charge in [0.05, 0.1) is 11.1 Å². The van der Waals surface area contributed by atoms with Crippen LogP contribution in [-0.2, 0) is 23.7 Å². The third-order valence-corrected chi connectivity index (χ3v) is 7.68. The van der Waals surface area contributed by atoms with Crippen LogP contribution < -0.4 is 0 Å². The maximum Gasteiger partial charge on any atom is 0.416 e. The van der Waals surface area contributed by atoms with Crippen molar-refractivity contribution in [2.24, 2.45) is 0 Å². The van der Waals surface area contributed by atoms with Crippen LogP contribution in [0.25, 0.3) is 0 Å². The number of piperazine rings is 1. The minimum Gasteiger partial charge on any atom is -0.340 e. The summed E-state index contributed by atoms with van der Waals surface area (Å²) >= 11 is 0. The number of halogens is 6. The van der Waals surface area contributed by atoms with Crippen LogP contribution in [0.3, 0.4) is 0 Å². The lowest BCUT2D eigenvalue weighted by atomic mass is 9.93. The molecular formula is C28H33F6N3O. The zero-order valence-electron chi connectivity index (χ0n) is 21.4. The van der Waals surface area contributed by atoms with Crippen molar-refractivity contribution in [1.82, 2.24) is 14.7 Å². The zero-order valence-corrected chi connectivity index (χ0v) is 21.4. The van der Waals surface area contributed by atoms with Crippen LogP contribution in [0.1, 0.15) is 60.4 Å². The van der Waals surface area contributed by atoms with Crippen molar-refractivity contribution in [2.45, 2.75) is 63.1 Å². The van der Waals surface area contributed by atoms with Gasteiger partial charge >= 0.3 is 12.4 Å². The predicted molar refractivity (Wildman–Crippen MR) is 132 cm³/mol. The van der Waals surface area contributed by atoms with Crippen LogP contribution >= 0.6 is 0 Å². The highest BCUT2D eigenvalue weighted by atomic mass is 19.4. The molecule has 2 aliphatic rings. The molecule has 1 unspecified atom stereocenters. The van der Waals surface area contributed by atoms with Gasteiger partial charge in [-0.3, -0.25) is 14.6 Å². The highest BCUT2D eigenvalue weighted by molar-refractivity contribution is 5.83. The lowest BCUT2D eigenvalue weighted by Gasteiger charge is -2.43. The molecule has 0 N–H and O–H groups in total. The van der Waals surface area contributed by atoms with Gasteiger partial charge < -0.3 is 4.90 Å². The fourth-order valence-electron chi connectivity index (χ4n) is 5.65. The molecule has 1 atom stereocenters. The van der Waals surface area contributed by atoms with Crippen molar-refractivity contribution in [1.29, 1.82) is 0 Å². The van der Waals surface area contributed by atoms with Crippen molar-refractivity contribution in [3.63, 3.8) is 0 Å². The summed E-state index contributed by atoms with van der Waals surface area (Å²) in [6.07, 6.45) is -3.82. The van der Waals surface area contributed by atoms with Crippen LogP contribution in [0.2, 0.25) is 0 Å². The lowest BCUT2D eigenvalue weighted by Crippen LogP contribution is -2.53. The molecule has 1 aliphatic carbocycles. The van der Waals surface area contributed by atoms with E-state index in [1.54, 1.807) is 0 Å². The number of carbonyl (C=O) groups excluding carboxylic acids is 1. The number of hydrogen-bond acceptors (Lipinski definition) is 3. The highest BCUT2D eigenvalue weighted by Crippen LogP contribution is 2.38. The monoisotopic (exact) mass is 541 g/mol. The van der Waals surface area contributed by atoms with E-state index >= 15 is 0 Å². The minimum atomic E-state index is -4.99. The SMILES string of the molecule is CN(Cc1ccc(C(F)(F)F)cc1C(F)(F)F)C(=O)C(c1ccccc1)N1CCN(C2CCCCC2)CC1. The Morgan fingerprint density at radius 3 is 2.11 bits per heavy atom. The first-order valence-corrected chi connectivity index (χ1v) is 13.0. The molecule has 1 saturated carbocycles. The second kappa shape index (κ2) is 11.7. The molecule has 1 amide bonds. The van der Waals surface area contributed by atoms with Gasteiger partial charge in [-0.15, -0.1) is 0 Å². The highest BCUT2D eigenvalue weighted by Gasteiger charge is 2.39. The summed E-state index contributed by atoms with van der Waals surface area (Å²) in [4.78, 5) is 19.4. The Morgan fingerprint density at radius 2 is 1.53 bits per heavy atom. The molecule has 1 aliphatic heterocycles. The minimum absolute atomic E-state index is 0.118. The molecule has 2 aromatic carbocycles. The quantitative estimate of drug-likeness (QED) is 0.398. The van der Waals surface area contributed by atoms with E-state index in [2.05, 4.69) is 9.80 Å². The first-order chi connectivity index (χ1) is 17.9. The summed E-state index contributed by atoms with van der Waals surface area (Å²) in [6.45, 7) is 2.44. The predicted octanol–water partition coefficient (Wildman–Crippen LogP) is 6.37. The van der Waals surface area contributed by atoms with E-state index in [9.17, 15) is 31.1 Å². The smallest absolute Gasteiger partial charge is 0.340 e. The van der Waals surface area contributed by atoms with Gasteiger partial charge in [0.25, 0.3) is 0 Å². The summed E-state index contributed by atoms with van der Waals surface area (Å²) in [6, 6.07) is 10.5. The number of rotatable bonds is 6. The van der Waals surface area contributed by atoms with Crippen molar-refractivity contribution in [3.8, 4) is 0 Å². The largest absolute Gasteiger partial charge is 0.416 e. The fourth-order valence-corrected chi connectivity index (χ4v) is 5.65. The Morgan fingerprint density at radius 1 is 0.895 bits per heavy atom. The van der Waals surface area contributed by atoms with Crippen LogP contribution in [-0.4, -0.2) is 59.9 Å². The van der Waals surface area contributed by atoms with E-state index in [1.165, 1.54) is 44.1 Å². The molecule has 4 rings (SSSR count). The van der Waals surface area contributed by atoms with Gasteiger partial charge in [-0.1, -0.05) is 55.7 Å². The Balaban J connectivity index is 1.54. The number of likely N-dealkylation sites (N-methyl/N-ethyl adjacent to an activating group) is 1. The molecule has 0 aromatic heterocycles. The van der Waals surface area contributed by atoms with Gasteiger partial charge in [0.1, 0.15) is 6.04 Å². The van der Waals surface area contributed by atoms with Crippen LogP contribution in [0, 0.1) is 0 Å². The molecule has 1 saturated heterocycles. The molecule has 0 spiro atoms. The topological polar surface area (TPSA) is 26.8 Å². The number of benzene rings is 2. The Kier molecular flexibility index (Phi) is 8.72. The molecule has 208 valence electrons. The molecule has 2 aromatic rings. The summed E-state index contributed by atoms with van der Waals surface area (Å²) in [5.41, 5.74) is -2.40. The van der Waals surface area contributed by atoms with E-state index < -0.39 is 42.0 Å². The summed E-state index contributed by atoms with van der Waals surface area (Å²) < 4.78 is 80.3. The first-order valence-electron chi connectivity index (χ1n) is 13.0. The summed E-state index contributed by atoms with van der Waals surface area (Å²) in [5, 5.41) is 0. The fraction of sp³-hybridized carbons (Fsp3) is 0.536. The van der Waals surface area contributed by atoms with Crippen molar-refractivity contribution < 1.29 is 31.1 Å². The molecule has 38 heavy (non-hydrogen) atoms. The molecule has 0 radical (unpaired) electrons.